The molecule has 2 N–H and O–H groups in total. The molecular formula is C13H18N2OS. The number of nitrogens with two attached hydrogens (primary N) is 1. The van der Waals surface area contributed by atoms with Gasteiger partial charge >= 0.3 is 0 Å². The lowest BCUT2D eigenvalue weighted by Crippen LogP contribution is -2.30. The quantitative estimate of drug-likeness (QED) is 0.833. The molecule has 0 amide bonds. The smallest absolute Gasteiger partial charge is 0.104 e. The molecule has 17 heavy (non-hydrogen) atoms. The molecule has 1 atom stereocenters. The summed E-state index contributed by atoms with van der Waals surface area (Å²) < 4.78 is 5.62. The van der Waals surface area contributed by atoms with Gasteiger partial charge in [-0.1, -0.05) is 20.8 Å². The average Bonchev–Trinajstić information content (AvgIpc) is 2.51. The van der Waals surface area contributed by atoms with Gasteiger partial charge in [-0.2, -0.15) is 5.26 Å². The van der Waals surface area contributed by atoms with Crippen LogP contribution in [-0.2, 0) is 16.8 Å². The van der Waals surface area contributed by atoms with Crippen LogP contribution in [0.1, 0.15) is 43.2 Å². The second-order valence-electron chi connectivity index (χ2n) is 5.13. The number of rotatable bonds is 1. The van der Waals surface area contributed by atoms with E-state index < -0.39 is 0 Å². The van der Waals surface area contributed by atoms with E-state index in [-0.39, 0.29) is 5.41 Å². The third-order valence-corrected chi connectivity index (χ3v) is 4.96. The first kappa shape index (κ1) is 12.4. The minimum absolute atomic E-state index is 0.00891. The van der Waals surface area contributed by atoms with Crippen molar-refractivity contribution in [3.63, 3.8) is 0 Å². The molecule has 2 heterocycles. The summed E-state index contributed by atoms with van der Waals surface area (Å²) in [6.45, 7) is 7.96. The van der Waals surface area contributed by atoms with Crippen molar-refractivity contribution < 1.29 is 4.74 Å². The van der Waals surface area contributed by atoms with Crippen LogP contribution < -0.4 is 5.73 Å². The number of nitrogen functional groups attached to an aromatic ring is 1. The molecule has 4 heteroatoms. The molecule has 92 valence electrons. The number of thiophene rings is 1. The van der Waals surface area contributed by atoms with Crippen LogP contribution in [-0.4, -0.2) is 6.61 Å². The molecule has 0 radical (unpaired) electrons. The van der Waals surface area contributed by atoms with Gasteiger partial charge < -0.3 is 10.5 Å². The van der Waals surface area contributed by atoms with Crippen molar-refractivity contribution >= 4 is 16.3 Å². The number of hydrogen-bond acceptors (Lipinski definition) is 4. The lowest BCUT2D eigenvalue weighted by atomic mass is 9.70. The number of nitrogens with zero attached hydrogens (tertiary/aromatic N) is 1. The van der Waals surface area contributed by atoms with E-state index in [1.807, 2.05) is 0 Å². The van der Waals surface area contributed by atoms with Gasteiger partial charge in [0, 0.05) is 11.5 Å². The van der Waals surface area contributed by atoms with Crippen molar-refractivity contribution in [2.75, 3.05) is 12.3 Å². The van der Waals surface area contributed by atoms with E-state index in [1.54, 1.807) is 0 Å². The molecule has 1 aliphatic heterocycles. The van der Waals surface area contributed by atoms with Crippen molar-refractivity contribution in [2.24, 2.45) is 5.92 Å². The van der Waals surface area contributed by atoms with Gasteiger partial charge in [-0.05, 0) is 23.3 Å². The van der Waals surface area contributed by atoms with Crippen LogP contribution in [0.15, 0.2) is 0 Å². The molecule has 1 aromatic heterocycles. The third kappa shape index (κ3) is 1.84. The lowest BCUT2D eigenvalue weighted by molar-refractivity contribution is 0.110. The summed E-state index contributed by atoms with van der Waals surface area (Å²) in [7, 11) is 0. The molecule has 2 rings (SSSR count). The summed E-state index contributed by atoms with van der Waals surface area (Å²) in [6.07, 6.45) is 0.947. The highest BCUT2D eigenvalue weighted by Gasteiger charge is 2.38. The predicted molar refractivity (Wildman–Crippen MR) is 69.9 cm³/mol. The van der Waals surface area contributed by atoms with E-state index in [9.17, 15) is 5.26 Å². The largest absolute Gasteiger partial charge is 0.389 e. The van der Waals surface area contributed by atoms with Crippen molar-refractivity contribution in [1.82, 2.24) is 0 Å². The molecular weight excluding hydrogens is 232 g/mol. The van der Waals surface area contributed by atoms with Crippen LogP contribution in [0.3, 0.4) is 0 Å². The van der Waals surface area contributed by atoms with Crippen molar-refractivity contribution in [3.05, 3.63) is 16.0 Å². The maximum Gasteiger partial charge on any atom is 0.104 e. The second-order valence-corrected chi connectivity index (χ2v) is 6.26. The van der Waals surface area contributed by atoms with Gasteiger partial charge in [0.15, 0.2) is 0 Å². The Kier molecular flexibility index (Phi) is 3.15. The molecule has 0 saturated carbocycles. The Morgan fingerprint density at radius 3 is 2.82 bits per heavy atom. The summed E-state index contributed by atoms with van der Waals surface area (Å²) in [5.74, 6) is 0.462. The maximum atomic E-state index is 9.31. The van der Waals surface area contributed by atoms with E-state index in [0.717, 1.165) is 23.5 Å². The number of hydrogen-bond donors (Lipinski definition) is 1. The molecule has 3 nitrogen and oxygen atoms in total. The summed E-state index contributed by atoms with van der Waals surface area (Å²) >= 11 is 1.50. The Balaban J connectivity index is 2.66. The van der Waals surface area contributed by atoms with Crippen LogP contribution >= 0.6 is 11.3 Å². The summed E-state index contributed by atoms with van der Waals surface area (Å²) in [5.41, 5.74) is 7.74. The maximum absolute atomic E-state index is 9.31. The van der Waals surface area contributed by atoms with E-state index in [0.29, 0.717) is 23.1 Å². The van der Waals surface area contributed by atoms with Gasteiger partial charge in [0.25, 0.3) is 0 Å². The van der Waals surface area contributed by atoms with Crippen LogP contribution in [0, 0.1) is 17.2 Å². The molecule has 0 saturated heterocycles. The van der Waals surface area contributed by atoms with Crippen LogP contribution in [0.2, 0.25) is 0 Å². The lowest BCUT2D eigenvalue weighted by Gasteiger charge is -2.33. The zero-order valence-corrected chi connectivity index (χ0v) is 11.4. The highest BCUT2D eigenvalue weighted by atomic mass is 32.1. The Morgan fingerprint density at radius 2 is 2.24 bits per heavy atom. The van der Waals surface area contributed by atoms with Gasteiger partial charge in [-0.15, -0.1) is 11.3 Å². The first-order chi connectivity index (χ1) is 8.00. The topological polar surface area (TPSA) is 59.0 Å². The van der Waals surface area contributed by atoms with Gasteiger partial charge in [0.2, 0.25) is 0 Å². The van der Waals surface area contributed by atoms with Crippen LogP contribution in [0.5, 0.6) is 0 Å². The normalized spacial score (nSPS) is 24.2. The van der Waals surface area contributed by atoms with E-state index in [4.69, 9.17) is 10.5 Å². The number of nitriles is 1. The van der Waals surface area contributed by atoms with Crippen molar-refractivity contribution in [2.45, 2.75) is 39.2 Å². The summed E-state index contributed by atoms with van der Waals surface area (Å²) in [5, 5.41) is 9.94. The zero-order valence-electron chi connectivity index (χ0n) is 10.5. The fraction of sp³-hybridized carbons (Fsp3) is 0.615. The van der Waals surface area contributed by atoms with Gasteiger partial charge in [-0.25, -0.2) is 0 Å². The fourth-order valence-corrected chi connectivity index (χ4v) is 3.56. The Labute approximate surface area is 106 Å². The van der Waals surface area contributed by atoms with E-state index >= 15 is 0 Å². The first-order valence-corrected chi connectivity index (χ1v) is 6.71. The Bertz CT molecular complexity index is 472. The molecule has 0 aromatic carbocycles. The number of fused-ring (bicyclic) bond motifs is 1. The number of anilines is 1. The molecule has 1 aromatic rings. The number of ether oxygens (including phenoxy) is 1. The fourth-order valence-electron chi connectivity index (χ4n) is 2.47. The highest BCUT2D eigenvalue weighted by Crippen LogP contribution is 2.46. The van der Waals surface area contributed by atoms with Crippen LogP contribution in [0.25, 0.3) is 0 Å². The highest BCUT2D eigenvalue weighted by molar-refractivity contribution is 7.16. The minimum atomic E-state index is -0.00891. The molecule has 0 spiro atoms. The van der Waals surface area contributed by atoms with Gasteiger partial charge in [0.05, 0.1) is 12.2 Å². The van der Waals surface area contributed by atoms with E-state index in [1.165, 1.54) is 11.3 Å². The molecule has 0 fully saturated rings. The second kappa shape index (κ2) is 4.32. The van der Waals surface area contributed by atoms with Crippen LogP contribution in [0.4, 0.5) is 5.00 Å². The zero-order chi connectivity index (χ0) is 12.6. The minimum Gasteiger partial charge on any atom is -0.389 e. The van der Waals surface area contributed by atoms with Crippen molar-refractivity contribution in [3.8, 4) is 6.07 Å². The van der Waals surface area contributed by atoms with Gasteiger partial charge in [-0.3, -0.25) is 0 Å². The third-order valence-electron chi connectivity index (χ3n) is 3.96. The molecule has 0 bridgehead atoms. The van der Waals surface area contributed by atoms with Crippen molar-refractivity contribution in [1.29, 1.82) is 5.26 Å². The predicted octanol–water partition coefficient (Wildman–Crippen LogP) is 3.04. The first-order valence-electron chi connectivity index (χ1n) is 5.90. The SMILES string of the molecule is CC(C)C1(C)CCOCc2sc(N)c(C#N)c21. The monoisotopic (exact) mass is 250 g/mol. The van der Waals surface area contributed by atoms with Gasteiger partial charge in [0.1, 0.15) is 11.1 Å². The average molecular weight is 250 g/mol. The summed E-state index contributed by atoms with van der Waals surface area (Å²) in [6, 6.07) is 2.27. The molecule has 1 unspecified atom stereocenters. The Hall–Kier alpha value is -1.05. The Morgan fingerprint density at radius 1 is 1.53 bits per heavy atom. The molecule has 0 aliphatic carbocycles. The standard InChI is InChI=1S/C13H18N2OS/c1-8(2)13(3)4-5-16-7-10-11(13)9(6-14)12(15)17-10/h8H,4-5,7,15H2,1-3H3. The summed E-state index contributed by atoms with van der Waals surface area (Å²) in [4.78, 5) is 1.13. The molecule has 1 aliphatic rings. The van der Waals surface area contributed by atoms with E-state index in [2.05, 4.69) is 26.8 Å².